The molecule has 8 heteroatoms. The number of hydrogen-bond donors (Lipinski definition) is 3. The number of carbonyl (C=O) groups is 1. The number of furan rings is 1. The summed E-state index contributed by atoms with van der Waals surface area (Å²) in [4.78, 5) is 29.3. The number of nitrogens with zero attached hydrogens (tertiary/aromatic N) is 2. The second kappa shape index (κ2) is 8.37. The van der Waals surface area contributed by atoms with Gasteiger partial charge in [-0.25, -0.2) is 4.79 Å². The Morgan fingerprint density at radius 1 is 1.12 bits per heavy atom. The van der Waals surface area contributed by atoms with Crippen molar-refractivity contribution in [2.24, 2.45) is 7.05 Å². The van der Waals surface area contributed by atoms with E-state index in [-0.39, 0.29) is 11.3 Å². The molecule has 0 unspecified atom stereocenters. The molecule has 4 aromatic rings. The summed E-state index contributed by atoms with van der Waals surface area (Å²) in [5, 5.41) is 15.5. The number of nitrogens with one attached hydrogen (secondary N) is 2. The minimum atomic E-state index is -1.02. The number of carboxylic acid groups (broad SMARTS) is 1. The minimum Gasteiger partial charge on any atom is -0.465 e. The van der Waals surface area contributed by atoms with Crippen LogP contribution in [0.1, 0.15) is 31.7 Å². The van der Waals surface area contributed by atoms with Crippen LogP contribution in [0.25, 0.3) is 33.6 Å². The highest BCUT2D eigenvalue weighted by Crippen LogP contribution is 2.43. The highest BCUT2D eigenvalue weighted by Gasteiger charge is 2.40. The summed E-state index contributed by atoms with van der Waals surface area (Å²) in [5.74, 6) is 1.00. The van der Waals surface area contributed by atoms with Crippen molar-refractivity contribution in [3.05, 3.63) is 70.5 Å². The number of hydrogen-bond acceptors (Lipinski definition) is 5. The molecule has 0 radical (unpaired) electrons. The Morgan fingerprint density at radius 3 is 2.41 bits per heavy atom. The fourth-order valence-electron chi connectivity index (χ4n) is 4.69. The van der Waals surface area contributed by atoms with Crippen LogP contribution in [0.2, 0.25) is 0 Å². The standard InChI is InChI=1S/C26H26N4O4/c1-3-27-24-28-22-20(23(31)30(24)2)19(16-8-5-4-6-9-16)21(34-22)17-10-12-18(13-11-17)26(14-7-15-26)29-25(32)33/h4-6,8-13,29H,3,7,14-15H2,1-2H3,(H,27,28)(H,32,33). The van der Waals surface area contributed by atoms with E-state index in [1.165, 1.54) is 4.57 Å². The average molecular weight is 459 g/mol. The number of anilines is 1. The Hall–Kier alpha value is -4.07. The Balaban J connectivity index is 1.68. The van der Waals surface area contributed by atoms with Gasteiger partial charge in [-0.3, -0.25) is 9.36 Å². The summed E-state index contributed by atoms with van der Waals surface area (Å²) in [6.45, 7) is 2.56. The van der Waals surface area contributed by atoms with Gasteiger partial charge in [0.05, 0.1) is 5.54 Å². The minimum absolute atomic E-state index is 0.189. The zero-order valence-corrected chi connectivity index (χ0v) is 19.1. The van der Waals surface area contributed by atoms with Gasteiger partial charge in [-0.05, 0) is 37.3 Å². The molecule has 1 aliphatic carbocycles. The van der Waals surface area contributed by atoms with E-state index in [1.807, 2.05) is 61.5 Å². The molecule has 1 saturated carbocycles. The van der Waals surface area contributed by atoms with Gasteiger partial charge in [-0.15, -0.1) is 0 Å². The Kier molecular flexibility index (Phi) is 5.36. The summed E-state index contributed by atoms with van der Waals surface area (Å²) in [5.41, 5.74) is 2.81. The van der Waals surface area contributed by atoms with E-state index in [0.717, 1.165) is 36.0 Å². The molecular weight excluding hydrogens is 432 g/mol. The molecule has 0 aliphatic heterocycles. The van der Waals surface area contributed by atoms with Gasteiger partial charge in [0.1, 0.15) is 11.1 Å². The summed E-state index contributed by atoms with van der Waals surface area (Å²) in [6, 6.07) is 17.3. The summed E-state index contributed by atoms with van der Waals surface area (Å²) < 4.78 is 7.72. The summed E-state index contributed by atoms with van der Waals surface area (Å²) in [6.07, 6.45) is 1.50. The smallest absolute Gasteiger partial charge is 0.405 e. The highest BCUT2D eigenvalue weighted by molar-refractivity contribution is 6.00. The second-order valence-electron chi connectivity index (χ2n) is 8.63. The number of rotatable bonds is 6. The first kappa shape index (κ1) is 21.8. The van der Waals surface area contributed by atoms with E-state index in [4.69, 9.17) is 4.42 Å². The van der Waals surface area contributed by atoms with Crippen molar-refractivity contribution in [2.45, 2.75) is 31.7 Å². The monoisotopic (exact) mass is 458 g/mol. The van der Waals surface area contributed by atoms with Crippen molar-refractivity contribution >= 4 is 23.1 Å². The van der Waals surface area contributed by atoms with E-state index in [0.29, 0.717) is 29.2 Å². The number of amides is 1. The predicted octanol–water partition coefficient (Wildman–Crippen LogP) is 4.94. The van der Waals surface area contributed by atoms with E-state index >= 15 is 0 Å². The molecule has 174 valence electrons. The van der Waals surface area contributed by atoms with E-state index in [9.17, 15) is 14.7 Å². The van der Waals surface area contributed by atoms with Crippen LogP contribution in [-0.2, 0) is 12.6 Å². The molecule has 2 heterocycles. The van der Waals surface area contributed by atoms with Gasteiger partial charge in [-0.1, -0.05) is 54.6 Å². The lowest BCUT2D eigenvalue weighted by atomic mass is 9.72. The van der Waals surface area contributed by atoms with Gasteiger partial charge in [-0.2, -0.15) is 4.98 Å². The average Bonchev–Trinajstić information content (AvgIpc) is 3.20. The lowest BCUT2D eigenvalue weighted by molar-refractivity contribution is 0.144. The van der Waals surface area contributed by atoms with E-state index in [2.05, 4.69) is 15.6 Å². The third-order valence-corrected chi connectivity index (χ3v) is 6.58. The molecule has 1 fully saturated rings. The zero-order valence-electron chi connectivity index (χ0n) is 19.1. The largest absolute Gasteiger partial charge is 0.465 e. The highest BCUT2D eigenvalue weighted by atomic mass is 16.4. The fraction of sp³-hybridized carbons (Fsp3) is 0.269. The lowest BCUT2D eigenvalue weighted by Crippen LogP contribution is -2.50. The summed E-state index contributed by atoms with van der Waals surface area (Å²) >= 11 is 0. The molecule has 2 aromatic carbocycles. The normalized spacial score (nSPS) is 14.5. The SMILES string of the molecule is CCNc1nc2oc(-c3ccc(C4(NC(=O)O)CCC4)cc3)c(-c3ccccc3)c2c(=O)n1C. The van der Waals surface area contributed by atoms with E-state index < -0.39 is 11.6 Å². The molecule has 34 heavy (non-hydrogen) atoms. The quantitative estimate of drug-likeness (QED) is 0.378. The molecule has 2 aromatic heterocycles. The van der Waals surface area contributed by atoms with Gasteiger partial charge in [0.2, 0.25) is 11.7 Å². The third kappa shape index (κ3) is 3.51. The van der Waals surface area contributed by atoms with Gasteiger partial charge in [0.25, 0.3) is 5.56 Å². The van der Waals surface area contributed by atoms with Crippen LogP contribution in [0.15, 0.2) is 63.8 Å². The zero-order chi connectivity index (χ0) is 23.9. The van der Waals surface area contributed by atoms with Crippen LogP contribution in [0.3, 0.4) is 0 Å². The first-order valence-electron chi connectivity index (χ1n) is 11.4. The van der Waals surface area contributed by atoms with Crippen LogP contribution < -0.4 is 16.2 Å². The van der Waals surface area contributed by atoms with Gasteiger partial charge >= 0.3 is 6.09 Å². The second-order valence-corrected chi connectivity index (χ2v) is 8.63. The van der Waals surface area contributed by atoms with E-state index in [1.54, 1.807) is 7.05 Å². The molecule has 8 nitrogen and oxygen atoms in total. The predicted molar refractivity (Wildman–Crippen MR) is 131 cm³/mol. The van der Waals surface area contributed by atoms with Crippen LogP contribution in [0, 0.1) is 0 Å². The molecule has 0 saturated heterocycles. The molecule has 5 rings (SSSR count). The summed E-state index contributed by atoms with van der Waals surface area (Å²) in [7, 11) is 1.69. The van der Waals surface area contributed by atoms with Crippen molar-refractivity contribution in [2.75, 3.05) is 11.9 Å². The molecule has 3 N–H and O–H groups in total. The molecule has 0 spiro atoms. The van der Waals surface area contributed by atoms with Crippen LogP contribution >= 0.6 is 0 Å². The van der Waals surface area contributed by atoms with Gasteiger partial charge in [0.15, 0.2) is 0 Å². The van der Waals surface area contributed by atoms with Crippen LogP contribution in [0.5, 0.6) is 0 Å². The van der Waals surface area contributed by atoms with Crippen molar-refractivity contribution in [1.29, 1.82) is 0 Å². The molecule has 1 aliphatic rings. The molecule has 1 amide bonds. The third-order valence-electron chi connectivity index (χ3n) is 6.58. The maximum Gasteiger partial charge on any atom is 0.405 e. The molecular formula is C26H26N4O4. The molecule has 0 bridgehead atoms. The number of benzene rings is 2. The Bertz CT molecular complexity index is 1420. The first-order chi connectivity index (χ1) is 16.4. The van der Waals surface area contributed by atoms with Gasteiger partial charge in [0, 0.05) is 24.7 Å². The lowest BCUT2D eigenvalue weighted by Gasteiger charge is -2.42. The Labute approximate surface area is 196 Å². The topological polar surface area (TPSA) is 109 Å². The maximum atomic E-state index is 13.4. The first-order valence-corrected chi connectivity index (χ1v) is 11.4. The van der Waals surface area contributed by atoms with Crippen molar-refractivity contribution in [1.82, 2.24) is 14.9 Å². The van der Waals surface area contributed by atoms with Crippen molar-refractivity contribution < 1.29 is 14.3 Å². The number of fused-ring (bicyclic) bond motifs is 1. The van der Waals surface area contributed by atoms with Gasteiger partial charge < -0.3 is 20.2 Å². The molecule has 0 atom stereocenters. The van der Waals surface area contributed by atoms with Crippen LogP contribution in [-0.4, -0.2) is 27.3 Å². The van der Waals surface area contributed by atoms with Crippen molar-refractivity contribution in [3.8, 4) is 22.5 Å². The number of aromatic nitrogens is 2. The maximum absolute atomic E-state index is 13.4. The van der Waals surface area contributed by atoms with Crippen molar-refractivity contribution in [3.63, 3.8) is 0 Å². The fourth-order valence-corrected chi connectivity index (χ4v) is 4.69. The van der Waals surface area contributed by atoms with Crippen LogP contribution in [0.4, 0.5) is 10.7 Å². The Morgan fingerprint density at radius 2 is 1.82 bits per heavy atom.